The van der Waals surface area contributed by atoms with Gasteiger partial charge < -0.3 is 14.7 Å². The van der Waals surface area contributed by atoms with E-state index in [1.165, 1.54) is 36.2 Å². The highest BCUT2D eigenvalue weighted by molar-refractivity contribution is 7.21. The monoisotopic (exact) mass is 497 g/mol. The van der Waals surface area contributed by atoms with Crippen LogP contribution in [0.5, 0.6) is 17.2 Å². The average Bonchev–Trinajstić information content (AvgIpc) is 3.15. The molecule has 1 saturated heterocycles. The second-order valence-corrected chi connectivity index (χ2v) is 9.59. The zero-order valence-corrected chi connectivity index (χ0v) is 19.5. The topological polar surface area (TPSA) is 49.8 Å². The van der Waals surface area contributed by atoms with E-state index >= 15 is 0 Å². The van der Waals surface area contributed by atoms with Gasteiger partial charge in [-0.3, -0.25) is 4.79 Å². The molecule has 35 heavy (non-hydrogen) atoms. The first-order valence-corrected chi connectivity index (χ1v) is 12.1. The van der Waals surface area contributed by atoms with Gasteiger partial charge in [-0.05, 0) is 74.0 Å². The Hall–Kier alpha value is -3.36. The maximum absolute atomic E-state index is 13.3. The van der Waals surface area contributed by atoms with Crippen molar-refractivity contribution in [2.24, 2.45) is 0 Å². The lowest BCUT2D eigenvalue weighted by atomic mass is 10.1. The molecule has 1 fully saturated rings. The van der Waals surface area contributed by atoms with Gasteiger partial charge in [0.1, 0.15) is 16.4 Å². The van der Waals surface area contributed by atoms with Crippen LogP contribution in [0.3, 0.4) is 0 Å². The number of nitrogens with zero attached hydrogens (tertiary/aromatic N) is 1. The number of ether oxygens (including phenoxy) is 1. The largest absolute Gasteiger partial charge is 0.508 e. The van der Waals surface area contributed by atoms with Crippen molar-refractivity contribution in [3.63, 3.8) is 0 Å². The number of rotatable bonds is 7. The molecule has 0 saturated carbocycles. The number of carbonyl (C=O) groups is 1. The number of thiophene rings is 1. The lowest BCUT2D eigenvalue weighted by Crippen LogP contribution is -2.38. The molecule has 0 radical (unpaired) electrons. The van der Waals surface area contributed by atoms with E-state index in [2.05, 4.69) is 4.90 Å². The number of aromatic hydroxyl groups is 1. The van der Waals surface area contributed by atoms with Gasteiger partial charge in [-0.1, -0.05) is 24.3 Å². The molecule has 0 aliphatic carbocycles. The Morgan fingerprint density at radius 2 is 1.71 bits per heavy atom. The summed E-state index contributed by atoms with van der Waals surface area (Å²) in [6.07, 6.45) is -2.28. The second kappa shape index (κ2) is 9.36. The van der Waals surface area contributed by atoms with E-state index in [-0.39, 0.29) is 16.2 Å². The van der Waals surface area contributed by atoms with Crippen LogP contribution in [0.4, 0.5) is 13.2 Å². The third kappa shape index (κ3) is 5.04. The number of phenols is 1. The minimum Gasteiger partial charge on any atom is -0.508 e. The zero-order chi connectivity index (χ0) is 24.6. The molecule has 0 unspecified atom stereocenters. The molecule has 5 rings (SSSR count). The maximum atomic E-state index is 13.3. The van der Waals surface area contributed by atoms with Gasteiger partial charge in [0.25, 0.3) is 0 Å². The van der Waals surface area contributed by atoms with E-state index in [0.29, 0.717) is 21.6 Å². The zero-order valence-electron chi connectivity index (χ0n) is 18.6. The van der Waals surface area contributed by atoms with Gasteiger partial charge in [-0.25, -0.2) is 0 Å². The molecule has 0 spiro atoms. The predicted molar refractivity (Wildman–Crippen MR) is 130 cm³/mol. The van der Waals surface area contributed by atoms with E-state index in [0.717, 1.165) is 49.5 Å². The number of alkyl halides is 3. The molecule has 3 aromatic carbocycles. The van der Waals surface area contributed by atoms with E-state index in [1.54, 1.807) is 6.07 Å². The van der Waals surface area contributed by atoms with E-state index < -0.39 is 17.5 Å². The highest BCUT2D eigenvalue weighted by Gasteiger charge is 2.30. The van der Waals surface area contributed by atoms with E-state index in [4.69, 9.17) is 4.74 Å². The number of ketones is 1. The van der Waals surface area contributed by atoms with Gasteiger partial charge in [0.15, 0.2) is 5.75 Å². The number of hydrogen-bond acceptors (Lipinski definition) is 5. The SMILES string of the molecule is O=C(c1ccc(C(F)(F)F)cc1)c1sc2cc(O)ccc2c1Oc1ccc(CCN2CCC2)cc1. The Bertz CT molecular complexity index is 1360. The first kappa shape index (κ1) is 23.4. The molecular weight excluding hydrogens is 475 g/mol. The minimum absolute atomic E-state index is 0.0467. The molecule has 0 bridgehead atoms. The van der Waals surface area contributed by atoms with Crippen molar-refractivity contribution in [3.05, 3.63) is 88.3 Å². The van der Waals surface area contributed by atoms with Gasteiger partial charge in [0.2, 0.25) is 5.78 Å². The summed E-state index contributed by atoms with van der Waals surface area (Å²) in [5.74, 6) is 0.473. The summed E-state index contributed by atoms with van der Waals surface area (Å²) in [5.41, 5.74) is 0.492. The molecule has 1 aliphatic rings. The fourth-order valence-corrected chi connectivity index (χ4v) is 5.11. The number of benzene rings is 3. The van der Waals surface area contributed by atoms with Gasteiger partial charge in [0.05, 0.1) is 5.56 Å². The summed E-state index contributed by atoms with van der Waals surface area (Å²) in [7, 11) is 0. The van der Waals surface area contributed by atoms with Crippen LogP contribution < -0.4 is 4.74 Å². The van der Waals surface area contributed by atoms with Crippen LogP contribution in [-0.2, 0) is 12.6 Å². The maximum Gasteiger partial charge on any atom is 0.416 e. The highest BCUT2D eigenvalue weighted by Crippen LogP contribution is 2.43. The van der Waals surface area contributed by atoms with Crippen LogP contribution in [-0.4, -0.2) is 35.4 Å². The van der Waals surface area contributed by atoms with Crippen LogP contribution >= 0.6 is 11.3 Å². The Morgan fingerprint density at radius 1 is 1.00 bits per heavy atom. The fourth-order valence-electron chi connectivity index (χ4n) is 3.99. The predicted octanol–water partition coefficient (Wildman–Crippen LogP) is 6.90. The third-order valence-electron chi connectivity index (χ3n) is 6.12. The molecule has 1 aliphatic heterocycles. The summed E-state index contributed by atoms with van der Waals surface area (Å²) >= 11 is 1.13. The molecule has 180 valence electrons. The van der Waals surface area contributed by atoms with Crippen molar-refractivity contribution in [2.75, 3.05) is 19.6 Å². The van der Waals surface area contributed by atoms with Gasteiger partial charge in [-0.15, -0.1) is 11.3 Å². The van der Waals surface area contributed by atoms with Gasteiger partial charge in [-0.2, -0.15) is 13.2 Å². The summed E-state index contributed by atoms with van der Waals surface area (Å²) in [6.45, 7) is 3.32. The number of likely N-dealkylation sites (tertiary alicyclic amines) is 1. The van der Waals surface area contributed by atoms with Crippen LogP contribution in [0.1, 0.15) is 32.8 Å². The quantitative estimate of drug-likeness (QED) is 0.282. The summed E-state index contributed by atoms with van der Waals surface area (Å²) in [6, 6.07) is 16.5. The van der Waals surface area contributed by atoms with Gasteiger partial charge >= 0.3 is 6.18 Å². The van der Waals surface area contributed by atoms with Crippen molar-refractivity contribution < 1.29 is 27.8 Å². The number of halogens is 3. The minimum atomic E-state index is -4.48. The summed E-state index contributed by atoms with van der Waals surface area (Å²) < 4.78 is 45.6. The number of hydrogen-bond donors (Lipinski definition) is 1. The van der Waals surface area contributed by atoms with Crippen LogP contribution in [0.15, 0.2) is 66.7 Å². The summed E-state index contributed by atoms with van der Waals surface area (Å²) in [5, 5.41) is 10.5. The fraction of sp³-hybridized carbons (Fsp3) is 0.222. The molecule has 0 atom stereocenters. The Kier molecular flexibility index (Phi) is 6.25. The van der Waals surface area contributed by atoms with E-state index in [1.807, 2.05) is 24.3 Å². The number of fused-ring (bicyclic) bond motifs is 1. The number of carbonyl (C=O) groups excluding carboxylic acids is 1. The van der Waals surface area contributed by atoms with Crippen LogP contribution in [0, 0.1) is 0 Å². The normalized spacial score (nSPS) is 14.1. The smallest absolute Gasteiger partial charge is 0.416 e. The first-order valence-electron chi connectivity index (χ1n) is 11.2. The number of phenolic OH excluding ortho intramolecular Hbond substituents is 1. The first-order chi connectivity index (χ1) is 16.8. The summed E-state index contributed by atoms with van der Waals surface area (Å²) in [4.78, 5) is 15.9. The Balaban J connectivity index is 1.43. The second-order valence-electron chi connectivity index (χ2n) is 8.54. The van der Waals surface area contributed by atoms with Gasteiger partial charge in [0, 0.05) is 22.2 Å². The van der Waals surface area contributed by atoms with E-state index in [9.17, 15) is 23.1 Å². The lowest BCUT2D eigenvalue weighted by Gasteiger charge is -2.30. The average molecular weight is 498 g/mol. The van der Waals surface area contributed by atoms with Crippen molar-refractivity contribution >= 4 is 27.2 Å². The molecule has 2 heterocycles. The lowest BCUT2D eigenvalue weighted by molar-refractivity contribution is -0.137. The molecule has 1 N–H and O–H groups in total. The molecule has 8 heteroatoms. The van der Waals surface area contributed by atoms with Crippen molar-refractivity contribution in [1.29, 1.82) is 0 Å². The van der Waals surface area contributed by atoms with Crippen molar-refractivity contribution in [2.45, 2.75) is 19.0 Å². The van der Waals surface area contributed by atoms with Crippen LogP contribution in [0.25, 0.3) is 10.1 Å². The molecule has 1 aromatic heterocycles. The van der Waals surface area contributed by atoms with Crippen molar-refractivity contribution in [3.8, 4) is 17.2 Å². The highest BCUT2D eigenvalue weighted by atomic mass is 32.1. The molecule has 4 aromatic rings. The molecule has 0 amide bonds. The van der Waals surface area contributed by atoms with Crippen LogP contribution in [0.2, 0.25) is 0 Å². The standard InChI is InChI=1S/C27H22F3NO3S/c28-27(29,30)19-6-4-18(5-7-19)24(33)26-25(22-11-8-20(32)16-23(22)35-26)34-21-9-2-17(3-10-21)12-15-31-13-1-14-31/h2-11,16,32H,1,12-15H2. The molecular formula is C27H22F3NO3S. The Labute approximate surface area is 204 Å². The van der Waals surface area contributed by atoms with Crippen molar-refractivity contribution in [1.82, 2.24) is 4.90 Å². The third-order valence-corrected chi connectivity index (χ3v) is 7.25. The molecule has 4 nitrogen and oxygen atoms in total. The Morgan fingerprint density at radius 3 is 2.34 bits per heavy atom.